The fourth-order valence-corrected chi connectivity index (χ4v) is 2.16. The van der Waals surface area contributed by atoms with E-state index < -0.39 is 0 Å². The van der Waals surface area contributed by atoms with Gasteiger partial charge in [0.2, 0.25) is 0 Å². The first kappa shape index (κ1) is 15.4. The maximum Gasteiger partial charge on any atom is 0.259 e. The molecular formula is C15H14ClN3OS. The minimum atomic E-state index is -0.204. The molecule has 4 nitrogen and oxygen atoms in total. The molecule has 0 radical (unpaired) electrons. The second-order valence-corrected chi connectivity index (χ2v) is 5.30. The topological polar surface area (TPSA) is 59.2 Å². The Labute approximate surface area is 133 Å². The first-order chi connectivity index (χ1) is 10.1. The van der Waals surface area contributed by atoms with E-state index in [1.54, 1.807) is 11.0 Å². The van der Waals surface area contributed by atoms with Crippen LogP contribution in [-0.2, 0) is 0 Å². The van der Waals surface area contributed by atoms with E-state index in [0.717, 1.165) is 5.69 Å². The summed E-state index contributed by atoms with van der Waals surface area (Å²) in [6.07, 6.45) is 3.43. The Morgan fingerprint density at radius 2 is 2.00 bits per heavy atom. The Balaban J connectivity index is 2.33. The zero-order valence-electron chi connectivity index (χ0n) is 11.2. The van der Waals surface area contributed by atoms with Crippen LogP contribution in [0.25, 0.3) is 0 Å². The molecule has 0 fully saturated rings. The van der Waals surface area contributed by atoms with Gasteiger partial charge in [0.1, 0.15) is 0 Å². The van der Waals surface area contributed by atoms with Crippen molar-refractivity contribution < 1.29 is 4.79 Å². The zero-order valence-corrected chi connectivity index (χ0v) is 12.8. The first-order valence-electron chi connectivity index (χ1n) is 6.34. The van der Waals surface area contributed by atoms with Crippen LogP contribution in [0.1, 0.15) is 16.8 Å². The number of amides is 1. The quantitative estimate of drug-likeness (QED) is 0.860. The maximum absolute atomic E-state index is 12.7. The normalized spacial score (nSPS) is 10.1. The van der Waals surface area contributed by atoms with Gasteiger partial charge in [-0.25, -0.2) is 0 Å². The van der Waals surface area contributed by atoms with Crippen LogP contribution in [0.2, 0.25) is 5.02 Å². The standard InChI is InChI=1S/C15H14ClN3OS/c16-13-10-18-8-6-12(13)15(20)19(9-7-14(17)21)11-4-2-1-3-5-11/h1-6,8,10H,7,9H2,(H2,17,21). The van der Waals surface area contributed by atoms with Gasteiger partial charge in [0.15, 0.2) is 0 Å². The highest BCUT2D eigenvalue weighted by Gasteiger charge is 2.19. The van der Waals surface area contributed by atoms with E-state index in [9.17, 15) is 4.79 Å². The number of para-hydroxylation sites is 1. The van der Waals surface area contributed by atoms with E-state index in [0.29, 0.717) is 28.5 Å². The molecule has 2 rings (SSSR count). The SMILES string of the molecule is NC(=S)CCN(C(=O)c1ccncc1Cl)c1ccccc1. The number of hydrogen-bond acceptors (Lipinski definition) is 3. The van der Waals surface area contributed by atoms with Gasteiger partial charge in [-0.05, 0) is 18.2 Å². The molecule has 0 bridgehead atoms. The Bertz CT molecular complexity index is 648. The minimum Gasteiger partial charge on any atom is -0.393 e. The fourth-order valence-electron chi connectivity index (χ4n) is 1.87. The smallest absolute Gasteiger partial charge is 0.259 e. The molecule has 1 aromatic carbocycles. The molecule has 108 valence electrons. The van der Waals surface area contributed by atoms with Crippen LogP contribution in [0.3, 0.4) is 0 Å². The lowest BCUT2D eigenvalue weighted by Crippen LogP contribution is -2.34. The molecular weight excluding hydrogens is 306 g/mol. The molecule has 0 saturated carbocycles. The molecule has 2 aromatic rings. The fraction of sp³-hybridized carbons (Fsp3) is 0.133. The van der Waals surface area contributed by atoms with E-state index in [1.807, 2.05) is 30.3 Å². The lowest BCUT2D eigenvalue weighted by atomic mass is 10.2. The summed E-state index contributed by atoms with van der Waals surface area (Å²) in [5.74, 6) is -0.204. The monoisotopic (exact) mass is 319 g/mol. The molecule has 0 unspecified atom stereocenters. The highest BCUT2D eigenvalue weighted by atomic mass is 35.5. The summed E-state index contributed by atoms with van der Waals surface area (Å²) in [6.45, 7) is 0.400. The first-order valence-corrected chi connectivity index (χ1v) is 7.13. The number of carbonyl (C=O) groups is 1. The lowest BCUT2D eigenvalue weighted by Gasteiger charge is -2.23. The van der Waals surface area contributed by atoms with Gasteiger partial charge in [0.05, 0.1) is 15.6 Å². The summed E-state index contributed by atoms with van der Waals surface area (Å²) in [5.41, 5.74) is 6.72. The van der Waals surface area contributed by atoms with Crippen LogP contribution in [0.15, 0.2) is 48.8 Å². The van der Waals surface area contributed by atoms with Crippen molar-refractivity contribution in [1.82, 2.24) is 4.98 Å². The third kappa shape index (κ3) is 4.00. The number of rotatable bonds is 5. The summed E-state index contributed by atoms with van der Waals surface area (Å²) < 4.78 is 0. The Kier molecular flexibility index (Phi) is 5.25. The minimum absolute atomic E-state index is 0.204. The van der Waals surface area contributed by atoms with Crippen molar-refractivity contribution in [3.63, 3.8) is 0 Å². The van der Waals surface area contributed by atoms with E-state index in [4.69, 9.17) is 29.6 Å². The van der Waals surface area contributed by atoms with Crippen molar-refractivity contribution in [2.45, 2.75) is 6.42 Å². The second-order valence-electron chi connectivity index (χ2n) is 4.36. The van der Waals surface area contributed by atoms with Gasteiger partial charge in [-0.2, -0.15) is 0 Å². The average Bonchev–Trinajstić information content (AvgIpc) is 2.48. The second kappa shape index (κ2) is 7.15. The molecule has 0 saturated heterocycles. The summed E-state index contributed by atoms with van der Waals surface area (Å²) in [7, 11) is 0. The predicted octanol–water partition coefficient (Wildman–Crippen LogP) is 3.06. The van der Waals surface area contributed by atoms with Gasteiger partial charge < -0.3 is 10.6 Å². The largest absolute Gasteiger partial charge is 0.393 e. The van der Waals surface area contributed by atoms with Gasteiger partial charge in [-0.3, -0.25) is 9.78 Å². The molecule has 21 heavy (non-hydrogen) atoms. The van der Waals surface area contributed by atoms with Crippen molar-refractivity contribution in [1.29, 1.82) is 0 Å². The summed E-state index contributed by atoms with van der Waals surface area (Å²) in [4.78, 5) is 18.6. The summed E-state index contributed by atoms with van der Waals surface area (Å²) in [5, 5.41) is 0.318. The van der Waals surface area contributed by atoms with Crippen molar-refractivity contribution in [2.75, 3.05) is 11.4 Å². The number of thiocarbonyl (C=S) groups is 1. The van der Waals surface area contributed by atoms with Crippen molar-refractivity contribution in [2.24, 2.45) is 5.73 Å². The van der Waals surface area contributed by atoms with Crippen LogP contribution in [0.5, 0.6) is 0 Å². The third-order valence-electron chi connectivity index (χ3n) is 2.90. The van der Waals surface area contributed by atoms with Crippen molar-refractivity contribution >= 4 is 40.4 Å². The van der Waals surface area contributed by atoms with E-state index in [1.165, 1.54) is 12.4 Å². The number of hydrogen-bond donors (Lipinski definition) is 1. The highest BCUT2D eigenvalue weighted by Crippen LogP contribution is 2.21. The van der Waals surface area contributed by atoms with E-state index >= 15 is 0 Å². The molecule has 0 aliphatic rings. The van der Waals surface area contributed by atoms with Crippen LogP contribution in [0.4, 0.5) is 5.69 Å². The van der Waals surface area contributed by atoms with Crippen molar-refractivity contribution in [3.8, 4) is 0 Å². The highest BCUT2D eigenvalue weighted by molar-refractivity contribution is 7.80. The zero-order chi connectivity index (χ0) is 15.2. The Hall–Kier alpha value is -1.98. The number of anilines is 1. The molecule has 2 N–H and O–H groups in total. The number of nitrogens with zero attached hydrogens (tertiary/aromatic N) is 2. The van der Waals surface area contributed by atoms with Crippen LogP contribution in [-0.4, -0.2) is 22.4 Å². The van der Waals surface area contributed by atoms with Gasteiger partial charge in [-0.15, -0.1) is 0 Å². The molecule has 1 heterocycles. The number of carbonyl (C=O) groups excluding carboxylic acids is 1. The van der Waals surface area contributed by atoms with Crippen LogP contribution in [0, 0.1) is 0 Å². The van der Waals surface area contributed by atoms with Crippen molar-refractivity contribution in [3.05, 3.63) is 59.4 Å². The van der Waals surface area contributed by atoms with E-state index in [2.05, 4.69) is 4.98 Å². The molecule has 1 amide bonds. The van der Waals surface area contributed by atoms with Crippen LogP contribution >= 0.6 is 23.8 Å². The number of halogens is 1. The van der Waals surface area contributed by atoms with E-state index in [-0.39, 0.29) is 5.91 Å². The molecule has 0 aliphatic carbocycles. The Morgan fingerprint density at radius 3 is 2.62 bits per heavy atom. The molecule has 1 aromatic heterocycles. The van der Waals surface area contributed by atoms with Gasteiger partial charge in [0.25, 0.3) is 5.91 Å². The molecule has 0 atom stereocenters. The average molecular weight is 320 g/mol. The number of benzene rings is 1. The molecule has 6 heteroatoms. The number of pyridine rings is 1. The maximum atomic E-state index is 12.7. The third-order valence-corrected chi connectivity index (χ3v) is 3.40. The number of aromatic nitrogens is 1. The predicted molar refractivity (Wildman–Crippen MR) is 88.8 cm³/mol. The van der Waals surface area contributed by atoms with Gasteiger partial charge >= 0.3 is 0 Å². The Morgan fingerprint density at radius 1 is 1.29 bits per heavy atom. The summed E-state index contributed by atoms with van der Waals surface area (Å²) >= 11 is 10.9. The van der Waals surface area contributed by atoms with Crippen LogP contribution < -0.4 is 10.6 Å². The molecule has 0 aliphatic heterocycles. The summed E-state index contributed by atoms with van der Waals surface area (Å²) in [6, 6.07) is 10.9. The molecule has 0 spiro atoms. The lowest BCUT2D eigenvalue weighted by molar-refractivity contribution is 0.0987. The van der Waals surface area contributed by atoms with Gasteiger partial charge in [0, 0.05) is 31.0 Å². The number of nitrogens with two attached hydrogens (primary N) is 1. The van der Waals surface area contributed by atoms with Gasteiger partial charge in [-0.1, -0.05) is 42.0 Å².